The Morgan fingerprint density at radius 1 is 1.21 bits per heavy atom. The number of fused-ring (bicyclic) bond motifs is 1. The van der Waals surface area contributed by atoms with Gasteiger partial charge < -0.3 is 14.3 Å². The number of furan rings is 1. The monoisotopic (exact) mass is 321 g/mol. The summed E-state index contributed by atoms with van der Waals surface area (Å²) >= 11 is 0. The molecule has 0 saturated carbocycles. The molecule has 1 amide bonds. The number of benzene rings is 1. The topological polar surface area (TPSA) is 79.2 Å². The second kappa shape index (κ2) is 5.81. The van der Waals surface area contributed by atoms with Gasteiger partial charge in [-0.1, -0.05) is 18.2 Å². The van der Waals surface area contributed by atoms with Crippen molar-refractivity contribution in [1.82, 2.24) is 9.97 Å². The molecule has 1 aromatic carbocycles. The zero-order valence-corrected chi connectivity index (χ0v) is 12.9. The lowest BCUT2D eigenvalue weighted by Crippen LogP contribution is -2.37. The standard InChI is InChI=1S/C18H15N3O3/c22-17(21-9-3-6-12-5-1-2-7-15(12)21)14-11-13(19-18(23)20-14)16-8-4-10-24-16/h1-2,4-5,7-8,10-11H,3,6,9H2,(H,19,20,23). The molecule has 0 unspecified atom stereocenters. The van der Waals surface area contributed by atoms with Gasteiger partial charge in [-0.05, 0) is 42.7 Å². The predicted octanol–water partition coefficient (Wildman–Crippen LogP) is 2.62. The van der Waals surface area contributed by atoms with Crippen LogP contribution < -0.4 is 10.6 Å². The lowest BCUT2D eigenvalue weighted by molar-refractivity contribution is 0.0980. The first kappa shape index (κ1) is 14.4. The van der Waals surface area contributed by atoms with Gasteiger partial charge in [0.05, 0.1) is 12.0 Å². The number of aryl methyl sites for hydroxylation is 1. The van der Waals surface area contributed by atoms with E-state index in [2.05, 4.69) is 9.97 Å². The van der Waals surface area contributed by atoms with Crippen molar-refractivity contribution in [3.63, 3.8) is 0 Å². The van der Waals surface area contributed by atoms with Crippen LogP contribution in [0, 0.1) is 0 Å². The summed E-state index contributed by atoms with van der Waals surface area (Å²) in [6.07, 6.45) is 3.34. The number of amides is 1. The van der Waals surface area contributed by atoms with Gasteiger partial charge in [0.25, 0.3) is 5.91 Å². The first-order valence-corrected chi connectivity index (χ1v) is 7.77. The molecule has 0 saturated heterocycles. The average molecular weight is 321 g/mol. The third-order valence-electron chi connectivity index (χ3n) is 4.11. The van der Waals surface area contributed by atoms with Crippen molar-refractivity contribution in [2.75, 3.05) is 11.4 Å². The summed E-state index contributed by atoms with van der Waals surface area (Å²) in [5.74, 6) is 0.212. The Hall–Kier alpha value is -3.15. The van der Waals surface area contributed by atoms with Crippen LogP contribution in [0.4, 0.5) is 5.69 Å². The molecule has 0 bridgehead atoms. The second-order valence-electron chi connectivity index (χ2n) is 5.65. The summed E-state index contributed by atoms with van der Waals surface area (Å²) in [6.45, 7) is 0.612. The fourth-order valence-electron chi connectivity index (χ4n) is 3.01. The second-order valence-corrected chi connectivity index (χ2v) is 5.65. The van der Waals surface area contributed by atoms with Crippen LogP contribution in [0.3, 0.4) is 0 Å². The highest BCUT2D eigenvalue weighted by Gasteiger charge is 2.25. The number of rotatable bonds is 2. The van der Waals surface area contributed by atoms with Crippen LogP contribution in [0.15, 0.2) is 57.9 Å². The van der Waals surface area contributed by atoms with E-state index in [1.54, 1.807) is 23.1 Å². The molecule has 0 fully saturated rings. The molecule has 2 aromatic heterocycles. The molecule has 6 heteroatoms. The smallest absolute Gasteiger partial charge is 0.346 e. The van der Waals surface area contributed by atoms with Gasteiger partial charge in [-0.2, -0.15) is 4.98 Å². The summed E-state index contributed by atoms with van der Waals surface area (Å²) in [4.78, 5) is 32.9. The van der Waals surface area contributed by atoms with Gasteiger partial charge in [0.15, 0.2) is 0 Å². The van der Waals surface area contributed by atoms with Crippen molar-refractivity contribution < 1.29 is 9.21 Å². The minimum atomic E-state index is -0.572. The van der Waals surface area contributed by atoms with Crippen LogP contribution in [0.5, 0.6) is 0 Å². The van der Waals surface area contributed by atoms with Gasteiger partial charge in [-0.25, -0.2) is 4.79 Å². The van der Waals surface area contributed by atoms with Gasteiger partial charge in [0, 0.05) is 12.2 Å². The highest BCUT2D eigenvalue weighted by Crippen LogP contribution is 2.28. The maximum atomic E-state index is 12.9. The third kappa shape index (κ3) is 2.52. The highest BCUT2D eigenvalue weighted by molar-refractivity contribution is 6.05. The molecular weight excluding hydrogens is 306 g/mol. The van der Waals surface area contributed by atoms with Crippen LogP contribution >= 0.6 is 0 Å². The van der Waals surface area contributed by atoms with E-state index in [-0.39, 0.29) is 11.6 Å². The van der Waals surface area contributed by atoms with E-state index in [1.807, 2.05) is 24.3 Å². The molecule has 4 rings (SSSR count). The summed E-state index contributed by atoms with van der Waals surface area (Å²) in [5, 5.41) is 0. The first-order chi connectivity index (χ1) is 11.7. The molecule has 24 heavy (non-hydrogen) atoms. The van der Waals surface area contributed by atoms with Crippen LogP contribution in [-0.4, -0.2) is 22.4 Å². The largest absolute Gasteiger partial charge is 0.463 e. The number of aromatic nitrogens is 2. The Morgan fingerprint density at radius 3 is 2.92 bits per heavy atom. The van der Waals surface area contributed by atoms with Gasteiger partial charge in [0.2, 0.25) is 0 Å². The highest BCUT2D eigenvalue weighted by atomic mass is 16.3. The molecule has 0 aliphatic carbocycles. The molecule has 1 N–H and O–H groups in total. The van der Waals surface area contributed by atoms with Gasteiger partial charge in [0.1, 0.15) is 11.5 Å². The van der Waals surface area contributed by atoms with E-state index in [0.29, 0.717) is 18.0 Å². The number of H-pyrrole nitrogens is 1. The Kier molecular flexibility index (Phi) is 3.49. The van der Waals surface area contributed by atoms with Crippen molar-refractivity contribution in [3.8, 4) is 11.5 Å². The van der Waals surface area contributed by atoms with E-state index < -0.39 is 5.69 Å². The summed E-state index contributed by atoms with van der Waals surface area (Å²) in [5.41, 5.74) is 2.00. The van der Waals surface area contributed by atoms with Gasteiger partial charge in [-0.15, -0.1) is 0 Å². The lowest BCUT2D eigenvalue weighted by Gasteiger charge is -2.29. The number of hydrogen-bond donors (Lipinski definition) is 1. The van der Waals surface area contributed by atoms with Crippen molar-refractivity contribution in [3.05, 3.63) is 70.5 Å². The van der Waals surface area contributed by atoms with E-state index in [0.717, 1.165) is 24.1 Å². The molecule has 1 aliphatic heterocycles. The minimum absolute atomic E-state index is 0.113. The van der Waals surface area contributed by atoms with Crippen LogP contribution in [-0.2, 0) is 6.42 Å². The maximum Gasteiger partial charge on any atom is 0.346 e. The molecular formula is C18H15N3O3. The molecule has 6 nitrogen and oxygen atoms in total. The van der Waals surface area contributed by atoms with Crippen LogP contribution in [0.25, 0.3) is 11.5 Å². The summed E-state index contributed by atoms with van der Waals surface area (Å²) < 4.78 is 5.29. The number of anilines is 1. The number of nitrogens with one attached hydrogen (secondary N) is 1. The van der Waals surface area contributed by atoms with Gasteiger partial charge >= 0.3 is 5.69 Å². The third-order valence-corrected chi connectivity index (χ3v) is 4.11. The quantitative estimate of drug-likeness (QED) is 0.787. The molecule has 0 atom stereocenters. The van der Waals surface area contributed by atoms with E-state index in [9.17, 15) is 9.59 Å². The van der Waals surface area contributed by atoms with Gasteiger partial charge in [-0.3, -0.25) is 4.79 Å². The average Bonchev–Trinajstić information content (AvgIpc) is 3.15. The number of para-hydroxylation sites is 1. The Morgan fingerprint density at radius 2 is 2.08 bits per heavy atom. The van der Waals surface area contributed by atoms with Crippen molar-refractivity contribution in [2.24, 2.45) is 0 Å². The zero-order chi connectivity index (χ0) is 16.5. The minimum Gasteiger partial charge on any atom is -0.463 e. The first-order valence-electron chi connectivity index (χ1n) is 7.77. The summed E-state index contributed by atoms with van der Waals surface area (Å²) in [6, 6.07) is 12.8. The fraction of sp³-hybridized carbons (Fsp3) is 0.167. The molecule has 120 valence electrons. The molecule has 1 aliphatic rings. The van der Waals surface area contributed by atoms with Crippen molar-refractivity contribution >= 4 is 11.6 Å². The summed E-state index contributed by atoms with van der Waals surface area (Å²) in [7, 11) is 0. The number of carbonyl (C=O) groups excluding carboxylic acids is 1. The SMILES string of the molecule is O=C(c1cc(-c2ccco2)[nH]c(=O)n1)N1CCCc2ccccc21. The Bertz CT molecular complexity index is 944. The van der Waals surface area contributed by atoms with E-state index in [4.69, 9.17) is 4.42 Å². The van der Waals surface area contributed by atoms with Crippen LogP contribution in [0.1, 0.15) is 22.5 Å². The number of aromatic amines is 1. The van der Waals surface area contributed by atoms with E-state index in [1.165, 1.54) is 6.26 Å². The molecule has 3 aromatic rings. The maximum absolute atomic E-state index is 12.9. The van der Waals surface area contributed by atoms with Crippen molar-refractivity contribution in [1.29, 1.82) is 0 Å². The number of nitrogens with zero attached hydrogens (tertiary/aromatic N) is 2. The predicted molar refractivity (Wildman–Crippen MR) is 89.0 cm³/mol. The number of carbonyl (C=O) groups is 1. The van der Waals surface area contributed by atoms with Crippen molar-refractivity contribution in [2.45, 2.75) is 12.8 Å². The Balaban J connectivity index is 1.75. The van der Waals surface area contributed by atoms with Crippen LogP contribution in [0.2, 0.25) is 0 Å². The normalized spacial score (nSPS) is 13.6. The zero-order valence-electron chi connectivity index (χ0n) is 12.9. The fourth-order valence-corrected chi connectivity index (χ4v) is 3.01. The van der Waals surface area contributed by atoms with E-state index >= 15 is 0 Å². The molecule has 0 spiro atoms. The Labute approximate surface area is 137 Å². The molecule has 0 radical (unpaired) electrons. The number of hydrogen-bond acceptors (Lipinski definition) is 4. The lowest BCUT2D eigenvalue weighted by atomic mass is 10.0. The molecule has 3 heterocycles.